The smallest absolute Gasteiger partial charge is 0.228 e. The molecule has 1 heterocycles. The lowest BCUT2D eigenvalue weighted by molar-refractivity contribution is -0.122. The molecule has 0 bridgehead atoms. The zero-order valence-electron chi connectivity index (χ0n) is 12.1. The number of hydrogen-bond donors (Lipinski definition) is 3. The fourth-order valence-electron chi connectivity index (χ4n) is 3.86. The van der Waals surface area contributed by atoms with Crippen molar-refractivity contribution in [2.75, 3.05) is 11.1 Å². The zero-order valence-corrected chi connectivity index (χ0v) is 12.1. The van der Waals surface area contributed by atoms with Gasteiger partial charge in [-0.2, -0.15) is 5.10 Å². The second-order valence-electron chi connectivity index (χ2n) is 6.41. The van der Waals surface area contributed by atoms with Gasteiger partial charge in [-0.05, 0) is 38.0 Å². The predicted molar refractivity (Wildman–Crippen MR) is 79.2 cm³/mol. The number of rotatable bonds is 2. The molecule has 0 radical (unpaired) electrons. The third kappa shape index (κ3) is 2.53. The fraction of sp³-hybridized carbons (Fsp3) is 0.733. The number of anilines is 2. The maximum atomic E-state index is 12.4. The van der Waals surface area contributed by atoms with Gasteiger partial charge in [-0.1, -0.05) is 25.7 Å². The normalized spacial score (nSPS) is 29.8. The minimum Gasteiger partial charge on any atom is -0.394 e. The zero-order chi connectivity index (χ0) is 14.1. The third-order valence-corrected chi connectivity index (χ3v) is 5.15. The van der Waals surface area contributed by atoms with Gasteiger partial charge in [-0.3, -0.25) is 9.89 Å². The lowest BCUT2D eigenvalue weighted by Crippen LogP contribution is -2.34. The van der Waals surface area contributed by atoms with E-state index in [1.807, 2.05) is 6.92 Å². The second-order valence-corrected chi connectivity index (χ2v) is 6.41. The topological polar surface area (TPSA) is 83.8 Å². The van der Waals surface area contributed by atoms with Crippen molar-refractivity contribution < 1.29 is 4.79 Å². The van der Waals surface area contributed by atoms with Crippen LogP contribution in [-0.2, 0) is 4.79 Å². The molecular weight excluding hydrogens is 252 g/mol. The maximum Gasteiger partial charge on any atom is 0.228 e. The summed E-state index contributed by atoms with van der Waals surface area (Å²) in [6, 6.07) is 0. The molecule has 2 saturated carbocycles. The largest absolute Gasteiger partial charge is 0.394 e. The third-order valence-electron chi connectivity index (χ3n) is 5.15. The molecule has 0 saturated heterocycles. The van der Waals surface area contributed by atoms with E-state index in [-0.39, 0.29) is 11.8 Å². The number of H-pyrrole nitrogens is 1. The van der Waals surface area contributed by atoms with Crippen LogP contribution in [0.5, 0.6) is 0 Å². The quantitative estimate of drug-likeness (QED) is 0.776. The minimum absolute atomic E-state index is 0.0900. The number of carbonyl (C=O) groups is 1. The van der Waals surface area contributed by atoms with Crippen molar-refractivity contribution in [2.45, 2.75) is 51.9 Å². The Morgan fingerprint density at radius 2 is 2.00 bits per heavy atom. The summed E-state index contributed by atoms with van der Waals surface area (Å²) in [7, 11) is 0. The average Bonchev–Trinajstić information content (AvgIpc) is 2.78. The molecule has 0 aromatic carbocycles. The molecule has 0 aliphatic heterocycles. The van der Waals surface area contributed by atoms with Gasteiger partial charge in [0.1, 0.15) is 0 Å². The van der Waals surface area contributed by atoms with Gasteiger partial charge in [0.05, 0.1) is 11.4 Å². The van der Waals surface area contributed by atoms with Crippen molar-refractivity contribution in [3.63, 3.8) is 0 Å². The average molecular weight is 276 g/mol. The van der Waals surface area contributed by atoms with Crippen LogP contribution in [0.4, 0.5) is 11.5 Å². The molecule has 1 aromatic rings. The summed E-state index contributed by atoms with van der Waals surface area (Å²) in [5, 5.41) is 9.74. The number of nitrogens with two attached hydrogens (primary N) is 1. The summed E-state index contributed by atoms with van der Waals surface area (Å²) in [6.07, 6.45) is 8.64. The molecule has 3 unspecified atom stereocenters. The van der Waals surface area contributed by atoms with Crippen LogP contribution in [-0.4, -0.2) is 16.1 Å². The molecule has 110 valence electrons. The van der Waals surface area contributed by atoms with E-state index in [2.05, 4.69) is 15.5 Å². The number of aryl methyl sites for hydroxylation is 1. The molecule has 5 nitrogen and oxygen atoms in total. The first-order valence-electron chi connectivity index (χ1n) is 7.76. The Balaban J connectivity index is 1.61. The number of fused-ring (bicyclic) bond motifs is 1. The van der Waals surface area contributed by atoms with E-state index < -0.39 is 0 Å². The summed E-state index contributed by atoms with van der Waals surface area (Å²) in [4.78, 5) is 12.4. The maximum absolute atomic E-state index is 12.4. The number of carbonyl (C=O) groups excluding carboxylic acids is 1. The summed E-state index contributed by atoms with van der Waals surface area (Å²) in [6.45, 7) is 1.85. The Bertz CT molecular complexity index is 496. The molecule has 5 heteroatoms. The monoisotopic (exact) mass is 276 g/mol. The molecule has 3 atom stereocenters. The van der Waals surface area contributed by atoms with Crippen LogP contribution in [0, 0.1) is 24.7 Å². The van der Waals surface area contributed by atoms with E-state index in [9.17, 15) is 4.79 Å². The Morgan fingerprint density at radius 3 is 2.70 bits per heavy atom. The number of aromatic nitrogens is 2. The van der Waals surface area contributed by atoms with Crippen LogP contribution in [0.3, 0.4) is 0 Å². The van der Waals surface area contributed by atoms with E-state index >= 15 is 0 Å². The molecule has 20 heavy (non-hydrogen) atoms. The van der Waals surface area contributed by atoms with E-state index in [1.165, 1.54) is 32.1 Å². The molecule has 3 rings (SSSR count). The SMILES string of the molecule is Cc1[nH]nc(NC(=O)C2CCC3CCCCC3C2)c1N. The summed E-state index contributed by atoms with van der Waals surface area (Å²) in [5.41, 5.74) is 7.23. The second kappa shape index (κ2) is 5.46. The Hall–Kier alpha value is -1.52. The van der Waals surface area contributed by atoms with Gasteiger partial charge in [0.15, 0.2) is 5.82 Å². The first-order chi connectivity index (χ1) is 9.65. The molecule has 1 amide bonds. The number of hydrogen-bond acceptors (Lipinski definition) is 3. The highest BCUT2D eigenvalue weighted by atomic mass is 16.2. The van der Waals surface area contributed by atoms with Crippen molar-refractivity contribution in [1.29, 1.82) is 0 Å². The Kier molecular flexibility index (Phi) is 3.68. The van der Waals surface area contributed by atoms with Crippen LogP contribution in [0.1, 0.15) is 50.6 Å². The van der Waals surface area contributed by atoms with Gasteiger partial charge >= 0.3 is 0 Å². The number of nitrogens with one attached hydrogen (secondary N) is 2. The highest BCUT2D eigenvalue weighted by Gasteiger charge is 2.35. The fourth-order valence-corrected chi connectivity index (χ4v) is 3.86. The summed E-state index contributed by atoms with van der Waals surface area (Å²) < 4.78 is 0. The van der Waals surface area contributed by atoms with Gasteiger partial charge in [0.25, 0.3) is 0 Å². The van der Waals surface area contributed by atoms with E-state index in [0.29, 0.717) is 11.5 Å². The van der Waals surface area contributed by atoms with E-state index in [1.54, 1.807) is 0 Å². The lowest BCUT2D eigenvalue weighted by Gasteiger charge is -2.38. The number of aromatic amines is 1. The number of nitrogens with zero attached hydrogens (tertiary/aromatic N) is 1. The van der Waals surface area contributed by atoms with Crippen molar-refractivity contribution in [2.24, 2.45) is 17.8 Å². The highest BCUT2D eigenvalue weighted by molar-refractivity contribution is 5.94. The van der Waals surface area contributed by atoms with Crippen molar-refractivity contribution in [3.05, 3.63) is 5.69 Å². The molecular formula is C15H24N4O. The van der Waals surface area contributed by atoms with Crippen LogP contribution >= 0.6 is 0 Å². The van der Waals surface area contributed by atoms with Crippen molar-refractivity contribution in [3.8, 4) is 0 Å². The van der Waals surface area contributed by atoms with Gasteiger partial charge < -0.3 is 11.1 Å². The van der Waals surface area contributed by atoms with Gasteiger partial charge in [0, 0.05) is 5.92 Å². The van der Waals surface area contributed by atoms with Gasteiger partial charge in [-0.15, -0.1) is 0 Å². The Labute approximate surface area is 119 Å². The predicted octanol–water partition coefficient (Wildman–Crippen LogP) is 2.85. The molecule has 2 fully saturated rings. The van der Waals surface area contributed by atoms with Crippen molar-refractivity contribution >= 4 is 17.4 Å². The summed E-state index contributed by atoms with van der Waals surface area (Å²) >= 11 is 0. The van der Waals surface area contributed by atoms with Crippen LogP contribution in [0.25, 0.3) is 0 Å². The molecule has 4 N–H and O–H groups in total. The lowest BCUT2D eigenvalue weighted by atomic mass is 9.67. The summed E-state index contributed by atoms with van der Waals surface area (Å²) in [5.74, 6) is 2.33. The van der Waals surface area contributed by atoms with Crippen LogP contribution in [0.2, 0.25) is 0 Å². The standard InChI is InChI=1S/C15H24N4O/c1-9-13(16)14(19-18-9)17-15(20)12-7-6-10-4-2-3-5-11(10)8-12/h10-12H,2-8,16H2,1H3,(H2,17,18,19,20). The number of nitrogen functional groups attached to an aromatic ring is 1. The van der Waals surface area contributed by atoms with Gasteiger partial charge in [0.2, 0.25) is 5.91 Å². The van der Waals surface area contributed by atoms with Crippen LogP contribution in [0.15, 0.2) is 0 Å². The molecule has 2 aliphatic rings. The molecule has 2 aliphatic carbocycles. The van der Waals surface area contributed by atoms with E-state index in [4.69, 9.17) is 5.73 Å². The molecule has 1 aromatic heterocycles. The number of amides is 1. The Morgan fingerprint density at radius 1 is 1.25 bits per heavy atom. The van der Waals surface area contributed by atoms with E-state index in [0.717, 1.165) is 30.4 Å². The minimum atomic E-state index is 0.0900. The van der Waals surface area contributed by atoms with Crippen LogP contribution < -0.4 is 11.1 Å². The molecule has 0 spiro atoms. The highest BCUT2D eigenvalue weighted by Crippen LogP contribution is 2.42. The first-order valence-corrected chi connectivity index (χ1v) is 7.76. The van der Waals surface area contributed by atoms with Crippen molar-refractivity contribution in [1.82, 2.24) is 10.2 Å². The first kappa shape index (κ1) is 13.5. The van der Waals surface area contributed by atoms with Gasteiger partial charge in [-0.25, -0.2) is 0 Å².